The third kappa shape index (κ3) is 2.73. The first-order chi connectivity index (χ1) is 9.24. The summed E-state index contributed by atoms with van der Waals surface area (Å²) in [5.74, 6) is 0. The van der Waals surface area contributed by atoms with E-state index in [-0.39, 0.29) is 0 Å². The molecule has 0 amide bonds. The van der Waals surface area contributed by atoms with Gasteiger partial charge in [0.1, 0.15) is 5.15 Å². The van der Waals surface area contributed by atoms with Crippen LogP contribution in [0, 0.1) is 0 Å². The molecule has 0 radical (unpaired) electrons. The molecule has 0 aromatic carbocycles. The summed E-state index contributed by atoms with van der Waals surface area (Å²) in [5, 5.41) is 5.90. The SMILES string of the molecule is Clc1cc(NCc2ccncc2)c2scc(Br)c2n1. The fraction of sp³-hybridized carbons (Fsp3) is 0.0769. The third-order valence-corrected chi connectivity index (χ3v) is 4.78. The predicted octanol–water partition coefficient (Wildman–Crippen LogP) is 4.72. The van der Waals surface area contributed by atoms with Crippen molar-refractivity contribution in [2.45, 2.75) is 6.54 Å². The lowest BCUT2D eigenvalue weighted by atomic mass is 10.2. The molecule has 0 aliphatic heterocycles. The molecule has 0 saturated heterocycles. The second-order valence-electron chi connectivity index (χ2n) is 3.96. The molecule has 6 heteroatoms. The van der Waals surface area contributed by atoms with Crippen LogP contribution >= 0.6 is 38.9 Å². The molecule has 3 rings (SSSR count). The van der Waals surface area contributed by atoms with Gasteiger partial charge in [-0.2, -0.15) is 0 Å². The molecule has 3 heterocycles. The molecule has 1 N–H and O–H groups in total. The van der Waals surface area contributed by atoms with Gasteiger partial charge in [-0.05, 0) is 33.6 Å². The van der Waals surface area contributed by atoms with Crippen molar-refractivity contribution in [2.24, 2.45) is 0 Å². The van der Waals surface area contributed by atoms with Gasteiger partial charge in [0.25, 0.3) is 0 Å². The summed E-state index contributed by atoms with van der Waals surface area (Å²) in [7, 11) is 0. The lowest BCUT2D eigenvalue weighted by Gasteiger charge is -2.08. The molecular formula is C13H9BrClN3S. The summed E-state index contributed by atoms with van der Waals surface area (Å²) in [5.41, 5.74) is 3.07. The zero-order chi connectivity index (χ0) is 13.2. The average Bonchev–Trinajstić information content (AvgIpc) is 2.79. The van der Waals surface area contributed by atoms with Gasteiger partial charge in [-0.15, -0.1) is 11.3 Å². The second-order valence-corrected chi connectivity index (χ2v) is 6.08. The van der Waals surface area contributed by atoms with E-state index < -0.39 is 0 Å². The molecule has 0 bridgehead atoms. The Labute approximate surface area is 127 Å². The van der Waals surface area contributed by atoms with Crippen LogP contribution in [0.25, 0.3) is 10.2 Å². The molecule has 0 aliphatic carbocycles. The van der Waals surface area contributed by atoms with Crippen LogP contribution in [0.4, 0.5) is 5.69 Å². The van der Waals surface area contributed by atoms with Gasteiger partial charge in [0.2, 0.25) is 0 Å². The first kappa shape index (κ1) is 12.8. The van der Waals surface area contributed by atoms with Crippen LogP contribution < -0.4 is 5.32 Å². The molecule has 0 unspecified atom stereocenters. The molecule has 96 valence electrons. The molecule has 0 fully saturated rings. The summed E-state index contributed by atoms with van der Waals surface area (Å²) in [6.45, 7) is 0.730. The summed E-state index contributed by atoms with van der Waals surface area (Å²) in [6.07, 6.45) is 3.57. The quantitative estimate of drug-likeness (QED) is 0.692. The average molecular weight is 355 g/mol. The third-order valence-electron chi connectivity index (χ3n) is 2.68. The molecule has 3 nitrogen and oxygen atoms in total. The topological polar surface area (TPSA) is 37.8 Å². The Balaban J connectivity index is 1.92. The van der Waals surface area contributed by atoms with Crippen LogP contribution in [0.2, 0.25) is 5.15 Å². The lowest BCUT2D eigenvalue weighted by molar-refractivity contribution is 1.13. The number of thiophene rings is 1. The number of nitrogens with zero attached hydrogens (tertiary/aromatic N) is 2. The normalized spacial score (nSPS) is 10.8. The maximum Gasteiger partial charge on any atom is 0.131 e. The van der Waals surface area contributed by atoms with Crippen molar-refractivity contribution in [2.75, 3.05) is 5.32 Å². The number of aromatic nitrogens is 2. The number of fused-ring (bicyclic) bond motifs is 1. The van der Waals surface area contributed by atoms with Crippen molar-refractivity contribution >= 4 is 54.8 Å². The monoisotopic (exact) mass is 353 g/mol. The van der Waals surface area contributed by atoms with Gasteiger partial charge in [0.15, 0.2) is 0 Å². The van der Waals surface area contributed by atoms with Gasteiger partial charge in [-0.1, -0.05) is 11.6 Å². The van der Waals surface area contributed by atoms with Crippen LogP contribution in [0.3, 0.4) is 0 Å². The Morgan fingerprint density at radius 2 is 2.11 bits per heavy atom. The Morgan fingerprint density at radius 1 is 1.32 bits per heavy atom. The Bertz CT molecular complexity index is 714. The molecule has 0 aliphatic rings. The number of hydrogen-bond donors (Lipinski definition) is 1. The minimum atomic E-state index is 0.490. The van der Waals surface area contributed by atoms with E-state index >= 15 is 0 Å². The molecule has 0 saturated carbocycles. The fourth-order valence-corrected chi connectivity index (χ4v) is 3.53. The van der Waals surface area contributed by atoms with Gasteiger partial charge in [0.05, 0.1) is 20.4 Å². The van der Waals surface area contributed by atoms with E-state index in [9.17, 15) is 0 Å². The number of pyridine rings is 2. The van der Waals surface area contributed by atoms with Crippen LogP contribution in [0.15, 0.2) is 40.4 Å². The van der Waals surface area contributed by atoms with E-state index in [0.717, 1.165) is 26.9 Å². The van der Waals surface area contributed by atoms with Crippen molar-refractivity contribution in [3.8, 4) is 0 Å². The predicted molar refractivity (Wildman–Crippen MR) is 83.9 cm³/mol. The van der Waals surface area contributed by atoms with E-state index in [1.807, 2.05) is 23.6 Å². The standard InChI is InChI=1S/C13H9BrClN3S/c14-9-7-19-13-10(5-11(15)18-12(9)13)17-6-8-1-3-16-4-2-8/h1-5,7H,6H2,(H,17,18). The number of halogens is 2. The smallest absolute Gasteiger partial charge is 0.131 e. The molecular weight excluding hydrogens is 346 g/mol. The highest BCUT2D eigenvalue weighted by Gasteiger charge is 2.09. The van der Waals surface area contributed by atoms with Crippen LogP contribution in [-0.4, -0.2) is 9.97 Å². The van der Waals surface area contributed by atoms with Gasteiger partial charge in [-0.3, -0.25) is 4.98 Å². The first-order valence-corrected chi connectivity index (χ1v) is 7.65. The zero-order valence-electron chi connectivity index (χ0n) is 9.73. The van der Waals surface area contributed by atoms with Gasteiger partial charge >= 0.3 is 0 Å². The maximum atomic E-state index is 6.06. The highest BCUT2D eigenvalue weighted by Crippen LogP contribution is 2.35. The number of nitrogens with one attached hydrogen (secondary N) is 1. The van der Waals surface area contributed by atoms with Gasteiger partial charge in [-0.25, -0.2) is 4.98 Å². The molecule has 3 aromatic rings. The molecule has 3 aromatic heterocycles. The van der Waals surface area contributed by atoms with E-state index in [4.69, 9.17) is 11.6 Å². The van der Waals surface area contributed by atoms with Crippen molar-refractivity contribution < 1.29 is 0 Å². The Hall–Kier alpha value is -1.17. The second kappa shape index (κ2) is 5.45. The summed E-state index contributed by atoms with van der Waals surface area (Å²) < 4.78 is 2.08. The first-order valence-electron chi connectivity index (χ1n) is 5.60. The maximum absolute atomic E-state index is 6.06. The van der Waals surface area contributed by atoms with Gasteiger partial charge in [0, 0.05) is 30.4 Å². The Kier molecular flexibility index (Phi) is 3.68. The van der Waals surface area contributed by atoms with E-state index in [2.05, 4.69) is 31.2 Å². The summed E-state index contributed by atoms with van der Waals surface area (Å²) in [4.78, 5) is 8.33. The van der Waals surface area contributed by atoms with E-state index in [0.29, 0.717) is 5.15 Å². The lowest BCUT2D eigenvalue weighted by Crippen LogP contribution is -2.00. The van der Waals surface area contributed by atoms with Crippen molar-refractivity contribution in [3.63, 3.8) is 0 Å². The summed E-state index contributed by atoms with van der Waals surface area (Å²) >= 11 is 11.2. The fourth-order valence-electron chi connectivity index (χ4n) is 1.78. The Morgan fingerprint density at radius 3 is 2.89 bits per heavy atom. The summed E-state index contributed by atoms with van der Waals surface area (Å²) in [6, 6.07) is 5.82. The number of rotatable bonds is 3. The zero-order valence-corrected chi connectivity index (χ0v) is 12.9. The van der Waals surface area contributed by atoms with E-state index in [1.165, 1.54) is 5.56 Å². The highest BCUT2D eigenvalue weighted by molar-refractivity contribution is 9.10. The minimum absolute atomic E-state index is 0.490. The van der Waals surface area contributed by atoms with Gasteiger partial charge < -0.3 is 5.32 Å². The number of hydrogen-bond acceptors (Lipinski definition) is 4. The molecule has 0 spiro atoms. The van der Waals surface area contributed by atoms with Crippen molar-refractivity contribution in [3.05, 3.63) is 51.2 Å². The van der Waals surface area contributed by atoms with Crippen molar-refractivity contribution in [1.82, 2.24) is 9.97 Å². The van der Waals surface area contributed by atoms with Crippen LogP contribution in [-0.2, 0) is 6.54 Å². The molecule has 19 heavy (non-hydrogen) atoms. The van der Waals surface area contributed by atoms with Crippen LogP contribution in [0.5, 0.6) is 0 Å². The minimum Gasteiger partial charge on any atom is -0.380 e. The van der Waals surface area contributed by atoms with Crippen LogP contribution in [0.1, 0.15) is 5.56 Å². The highest BCUT2D eigenvalue weighted by atomic mass is 79.9. The largest absolute Gasteiger partial charge is 0.380 e. The number of anilines is 1. The molecule has 0 atom stereocenters. The van der Waals surface area contributed by atoms with Crippen molar-refractivity contribution in [1.29, 1.82) is 0 Å². The van der Waals surface area contributed by atoms with E-state index in [1.54, 1.807) is 23.7 Å².